The lowest BCUT2D eigenvalue weighted by molar-refractivity contribution is 0.0749. The third kappa shape index (κ3) is 2.91. The normalized spacial score (nSPS) is 23.4. The summed E-state index contributed by atoms with van der Waals surface area (Å²) in [7, 11) is -3.13. The lowest BCUT2D eigenvalue weighted by atomic mass is 10.5. The maximum absolute atomic E-state index is 11.3. The molecule has 0 aromatic heterocycles. The van der Waals surface area contributed by atoms with Gasteiger partial charge in [-0.1, -0.05) is 6.92 Å². The van der Waals surface area contributed by atoms with Crippen LogP contribution in [0.1, 0.15) is 19.8 Å². The van der Waals surface area contributed by atoms with E-state index in [-0.39, 0.29) is 0 Å². The Kier molecular flexibility index (Phi) is 3.52. The highest BCUT2D eigenvalue weighted by Gasteiger charge is 2.28. The smallest absolute Gasteiger partial charge is 0.287 e. The van der Waals surface area contributed by atoms with Crippen LogP contribution < -0.4 is 0 Å². The predicted molar refractivity (Wildman–Crippen MR) is 40.4 cm³/mol. The van der Waals surface area contributed by atoms with Gasteiger partial charge in [-0.2, -0.15) is 0 Å². The molecule has 0 amide bonds. The molecule has 1 rings (SSSR count). The van der Waals surface area contributed by atoms with Gasteiger partial charge in [0.2, 0.25) is 0 Å². The molecule has 5 heteroatoms. The first kappa shape index (κ1) is 9.20. The second-order valence-corrected chi connectivity index (χ2v) is 3.97. The summed E-state index contributed by atoms with van der Waals surface area (Å²) in [5, 5.41) is 0. The second-order valence-electron chi connectivity index (χ2n) is 2.30. The molecule has 1 fully saturated rings. The van der Waals surface area contributed by atoms with Crippen molar-refractivity contribution in [3.63, 3.8) is 0 Å². The zero-order chi connectivity index (χ0) is 8.16. The SMILES string of the molecule is CCCOP1(=O)OCCCO1. The number of phosphoric ester groups is 1. The van der Waals surface area contributed by atoms with Crippen LogP contribution in [0.15, 0.2) is 0 Å². The maximum atomic E-state index is 11.3. The van der Waals surface area contributed by atoms with Crippen LogP contribution in [0.4, 0.5) is 0 Å². The van der Waals surface area contributed by atoms with E-state index < -0.39 is 7.82 Å². The molecule has 0 saturated carbocycles. The van der Waals surface area contributed by atoms with Crippen molar-refractivity contribution >= 4 is 7.82 Å². The van der Waals surface area contributed by atoms with Crippen LogP contribution in [0.25, 0.3) is 0 Å². The molecule has 0 aromatic carbocycles. The predicted octanol–water partition coefficient (Wildman–Crippen LogP) is 1.96. The van der Waals surface area contributed by atoms with E-state index in [0.29, 0.717) is 19.8 Å². The standard InChI is InChI=1S/C6H13O4P/c1-2-4-8-11(7)9-5-3-6-10-11/h2-6H2,1H3. The molecule has 0 bridgehead atoms. The van der Waals surface area contributed by atoms with Crippen molar-refractivity contribution in [1.29, 1.82) is 0 Å². The highest BCUT2D eigenvalue weighted by Crippen LogP contribution is 2.51. The van der Waals surface area contributed by atoms with Gasteiger partial charge < -0.3 is 0 Å². The minimum absolute atomic E-state index is 0.428. The zero-order valence-corrected chi connectivity index (χ0v) is 7.51. The van der Waals surface area contributed by atoms with Crippen LogP contribution in [-0.4, -0.2) is 19.8 Å². The maximum Gasteiger partial charge on any atom is 0.474 e. The van der Waals surface area contributed by atoms with Crippen LogP contribution in [0, 0.1) is 0 Å². The van der Waals surface area contributed by atoms with Crippen LogP contribution in [0.2, 0.25) is 0 Å². The third-order valence-electron chi connectivity index (χ3n) is 1.24. The average Bonchev–Trinajstić information content (AvgIpc) is 2.03. The number of hydrogen-bond acceptors (Lipinski definition) is 4. The number of rotatable bonds is 3. The van der Waals surface area contributed by atoms with Gasteiger partial charge in [0.1, 0.15) is 0 Å². The molecule has 0 atom stereocenters. The van der Waals surface area contributed by atoms with Gasteiger partial charge in [0.05, 0.1) is 19.8 Å². The lowest BCUT2D eigenvalue weighted by Crippen LogP contribution is -2.10. The summed E-state index contributed by atoms with van der Waals surface area (Å²) in [6, 6.07) is 0. The van der Waals surface area contributed by atoms with E-state index in [0.717, 1.165) is 12.8 Å². The zero-order valence-electron chi connectivity index (χ0n) is 6.62. The Morgan fingerprint density at radius 2 is 2.09 bits per heavy atom. The molecule has 1 aliphatic rings. The van der Waals surface area contributed by atoms with Crippen molar-refractivity contribution in [3.8, 4) is 0 Å². The summed E-state index contributed by atoms with van der Waals surface area (Å²) in [5.41, 5.74) is 0. The summed E-state index contributed by atoms with van der Waals surface area (Å²) < 4.78 is 26.0. The van der Waals surface area contributed by atoms with Crippen LogP contribution in [0.3, 0.4) is 0 Å². The Bertz CT molecular complexity index is 149. The Morgan fingerprint density at radius 3 is 2.64 bits per heavy atom. The monoisotopic (exact) mass is 180 g/mol. The van der Waals surface area contributed by atoms with Crippen LogP contribution >= 0.6 is 7.82 Å². The molecular formula is C6H13O4P. The van der Waals surface area contributed by atoms with Crippen molar-refractivity contribution in [1.82, 2.24) is 0 Å². The van der Waals surface area contributed by atoms with E-state index in [4.69, 9.17) is 13.6 Å². The molecule has 0 unspecified atom stereocenters. The summed E-state index contributed by atoms with van der Waals surface area (Å²) in [6.07, 6.45) is 1.61. The molecule has 1 heterocycles. The Morgan fingerprint density at radius 1 is 1.45 bits per heavy atom. The molecule has 4 nitrogen and oxygen atoms in total. The minimum Gasteiger partial charge on any atom is -0.287 e. The lowest BCUT2D eigenvalue weighted by Gasteiger charge is -2.21. The van der Waals surface area contributed by atoms with E-state index >= 15 is 0 Å². The van der Waals surface area contributed by atoms with E-state index in [1.165, 1.54) is 0 Å². The first-order chi connectivity index (χ1) is 5.27. The Hall–Kier alpha value is 0.110. The van der Waals surface area contributed by atoms with Crippen LogP contribution in [0.5, 0.6) is 0 Å². The first-order valence-corrected chi connectivity index (χ1v) is 5.26. The fourth-order valence-electron chi connectivity index (χ4n) is 0.727. The van der Waals surface area contributed by atoms with Crippen molar-refractivity contribution in [2.75, 3.05) is 19.8 Å². The molecule has 1 saturated heterocycles. The van der Waals surface area contributed by atoms with Gasteiger partial charge >= 0.3 is 7.82 Å². The van der Waals surface area contributed by atoms with Crippen LogP contribution in [-0.2, 0) is 18.1 Å². The molecule has 0 spiro atoms. The fraction of sp³-hybridized carbons (Fsp3) is 1.00. The second kappa shape index (κ2) is 4.21. The molecule has 11 heavy (non-hydrogen) atoms. The van der Waals surface area contributed by atoms with Gasteiger partial charge in [-0.3, -0.25) is 13.6 Å². The molecule has 0 aromatic rings. The van der Waals surface area contributed by atoms with Gasteiger partial charge in [0, 0.05) is 0 Å². The average molecular weight is 180 g/mol. The van der Waals surface area contributed by atoms with Crippen molar-refractivity contribution in [2.45, 2.75) is 19.8 Å². The molecule has 0 N–H and O–H groups in total. The summed E-state index contributed by atoms with van der Waals surface area (Å²) >= 11 is 0. The summed E-state index contributed by atoms with van der Waals surface area (Å²) in [4.78, 5) is 0. The molecule has 0 radical (unpaired) electrons. The van der Waals surface area contributed by atoms with E-state index in [2.05, 4.69) is 0 Å². The van der Waals surface area contributed by atoms with Gasteiger partial charge in [-0.05, 0) is 12.8 Å². The van der Waals surface area contributed by atoms with Crippen molar-refractivity contribution in [3.05, 3.63) is 0 Å². The summed E-state index contributed by atoms with van der Waals surface area (Å²) in [5.74, 6) is 0. The van der Waals surface area contributed by atoms with Gasteiger partial charge in [0.25, 0.3) is 0 Å². The fourth-order valence-corrected chi connectivity index (χ4v) is 2.06. The minimum atomic E-state index is -3.13. The van der Waals surface area contributed by atoms with Gasteiger partial charge in [0.15, 0.2) is 0 Å². The van der Waals surface area contributed by atoms with Crippen molar-refractivity contribution < 1.29 is 18.1 Å². The quantitative estimate of drug-likeness (QED) is 0.622. The number of hydrogen-bond donors (Lipinski definition) is 0. The van der Waals surface area contributed by atoms with E-state index in [1.807, 2.05) is 6.92 Å². The molecule has 0 aliphatic carbocycles. The third-order valence-corrected chi connectivity index (χ3v) is 2.74. The largest absolute Gasteiger partial charge is 0.474 e. The van der Waals surface area contributed by atoms with Gasteiger partial charge in [-0.25, -0.2) is 4.57 Å². The molecule has 1 aliphatic heterocycles. The summed E-state index contributed by atoms with van der Waals surface area (Å²) in [6.45, 7) is 3.31. The molecular weight excluding hydrogens is 167 g/mol. The first-order valence-electron chi connectivity index (χ1n) is 3.80. The molecule has 66 valence electrons. The number of phosphoric acid groups is 1. The highest BCUT2D eigenvalue weighted by atomic mass is 31.2. The van der Waals surface area contributed by atoms with E-state index in [1.54, 1.807) is 0 Å². The van der Waals surface area contributed by atoms with Crippen molar-refractivity contribution in [2.24, 2.45) is 0 Å². The Labute approximate surface area is 66.4 Å². The van der Waals surface area contributed by atoms with Gasteiger partial charge in [-0.15, -0.1) is 0 Å². The highest BCUT2D eigenvalue weighted by molar-refractivity contribution is 7.48. The Balaban J connectivity index is 2.32. The van der Waals surface area contributed by atoms with E-state index in [9.17, 15) is 4.57 Å². The topological polar surface area (TPSA) is 44.8 Å².